The monoisotopic (exact) mass is 575 g/mol. The Bertz CT molecular complexity index is 1450. The highest BCUT2D eigenvalue weighted by Gasteiger charge is 2.44. The van der Waals surface area contributed by atoms with Gasteiger partial charge in [0.05, 0.1) is 11.8 Å². The fraction of sp³-hybridized carbons (Fsp3) is 0.289. The molecule has 0 saturated heterocycles. The fourth-order valence-corrected chi connectivity index (χ4v) is 10.7. The zero-order valence-electron chi connectivity index (χ0n) is 24.9. The van der Waals surface area contributed by atoms with E-state index in [1.54, 1.807) is 6.07 Å². The van der Waals surface area contributed by atoms with Gasteiger partial charge in [0.15, 0.2) is 0 Å². The van der Waals surface area contributed by atoms with Crippen LogP contribution in [-0.4, -0.2) is 15.5 Å². The Balaban J connectivity index is 1.11. The van der Waals surface area contributed by atoms with Crippen LogP contribution in [0.2, 0.25) is 0 Å². The number of nitrogens with zero attached hydrogens (tertiary/aromatic N) is 2. The van der Waals surface area contributed by atoms with Crippen molar-refractivity contribution in [1.29, 1.82) is 0 Å². The molecule has 0 aliphatic heterocycles. The number of rotatable bonds is 15. The van der Waals surface area contributed by atoms with Crippen molar-refractivity contribution in [2.75, 3.05) is 6.16 Å². The van der Waals surface area contributed by atoms with Crippen molar-refractivity contribution in [3.05, 3.63) is 143 Å². The minimum Gasteiger partial charge on any atom is -0.282 e. The molecular weight excluding hydrogens is 531 g/mol. The summed E-state index contributed by atoms with van der Waals surface area (Å²) in [5, 5.41) is 4.45. The molecule has 0 N–H and O–H groups in total. The van der Waals surface area contributed by atoms with Crippen LogP contribution in [0.4, 0.5) is 0 Å². The van der Waals surface area contributed by atoms with Gasteiger partial charge in [0.1, 0.15) is 23.2 Å². The van der Waals surface area contributed by atoms with Crippen LogP contribution >= 0.6 is 7.26 Å². The lowest BCUT2D eigenvalue weighted by molar-refractivity contribution is 0.480. The molecule has 0 aliphatic carbocycles. The van der Waals surface area contributed by atoms with Crippen molar-refractivity contribution < 1.29 is 0 Å². The highest BCUT2D eigenvalue weighted by molar-refractivity contribution is 7.95. The largest absolute Gasteiger partial charge is 0.282 e. The van der Waals surface area contributed by atoms with Crippen LogP contribution in [0.3, 0.4) is 0 Å². The van der Waals surface area contributed by atoms with Crippen molar-refractivity contribution in [3.8, 4) is 5.69 Å². The summed E-state index contributed by atoms with van der Waals surface area (Å²) in [5.74, 6) is 0. The van der Waals surface area contributed by atoms with Gasteiger partial charge in [0, 0.05) is 18.3 Å². The minimum absolute atomic E-state index is 0.0527. The second kappa shape index (κ2) is 15.0. The second-order valence-corrected chi connectivity index (χ2v) is 14.9. The van der Waals surface area contributed by atoms with Gasteiger partial charge in [0.2, 0.25) is 0 Å². The van der Waals surface area contributed by atoms with E-state index in [1.165, 1.54) is 67.0 Å². The van der Waals surface area contributed by atoms with Gasteiger partial charge in [-0.2, -0.15) is 0 Å². The lowest BCUT2D eigenvalue weighted by Crippen LogP contribution is -2.33. The molecule has 0 saturated carbocycles. The van der Waals surface area contributed by atoms with Crippen LogP contribution in [0.5, 0.6) is 0 Å². The summed E-state index contributed by atoms with van der Waals surface area (Å²) in [6, 6.07) is 45.4. The Morgan fingerprint density at radius 2 is 0.929 bits per heavy atom. The van der Waals surface area contributed by atoms with Gasteiger partial charge < -0.3 is 0 Å². The summed E-state index contributed by atoms with van der Waals surface area (Å²) >= 11 is 0. The average molecular weight is 576 g/mol. The van der Waals surface area contributed by atoms with Gasteiger partial charge in [-0.3, -0.25) is 9.48 Å². The molecule has 5 rings (SSSR count). The maximum atomic E-state index is 12.6. The molecule has 0 bridgehead atoms. The van der Waals surface area contributed by atoms with Gasteiger partial charge in [0.25, 0.3) is 5.56 Å². The Morgan fingerprint density at radius 1 is 0.524 bits per heavy atom. The first kappa shape index (κ1) is 29.8. The molecule has 0 amide bonds. The molecular formula is C38H44N2OP+. The molecule has 4 aromatic carbocycles. The van der Waals surface area contributed by atoms with Crippen molar-refractivity contribution in [3.63, 3.8) is 0 Å². The third kappa shape index (κ3) is 7.02. The maximum absolute atomic E-state index is 12.6. The first-order valence-electron chi connectivity index (χ1n) is 15.6. The molecule has 5 aromatic rings. The van der Waals surface area contributed by atoms with Crippen molar-refractivity contribution >= 4 is 23.2 Å². The summed E-state index contributed by atoms with van der Waals surface area (Å²) < 4.78 is 3.96. The zero-order chi connectivity index (χ0) is 29.0. The minimum atomic E-state index is -1.71. The highest BCUT2D eigenvalue weighted by Crippen LogP contribution is 2.56. The van der Waals surface area contributed by atoms with Gasteiger partial charge in [-0.1, -0.05) is 105 Å². The average Bonchev–Trinajstić information content (AvgIpc) is 3.33. The number of aryl methyl sites for hydroxylation is 1. The van der Waals surface area contributed by atoms with E-state index in [9.17, 15) is 4.79 Å². The predicted molar refractivity (Wildman–Crippen MR) is 182 cm³/mol. The molecule has 0 fully saturated rings. The summed E-state index contributed by atoms with van der Waals surface area (Å²) in [6.45, 7) is 2.92. The van der Waals surface area contributed by atoms with E-state index in [-0.39, 0.29) is 5.56 Å². The number of aromatic nitrogens is 2. The van der Waals surface area contributed by atoms with E-state index in [0.717, 1.165) is 24.3 Å². The predicted octanol–water partition coefficient (Wildman–Crippen LogP) is 8.06. The molecule has 0 aliphatic rings. The number of para-hydroxylation sites is 1. The SMILES string of the molecule is Cc1cc(=O)n(-c2ccccc2)n1CCCCCCCCCC[P+](c1ccccc1)(c1ccccc1)c1ccccc1. The van der Waals surface area contributed by atoms with E-state index in [2.05, 4.69) is 95.7 Å². The molecule has 0 unspecified atom stereocenters. The number of unbranched alkanes of at least 4 members (excludes halogenated alkanes) is 7. The van der Waals surface area contributed by atoms with Crippen LogP contribution in [-0.2, 0) is 6.54 Å². The van der Waals surface area contributed by atoms with Gasteiger partial charge in [-0.05, 0) is 74.7 Å². The smallest absolute Gasteiger partial charge is 0.271 e. The number of hydrogen-bond acceptors (Lipinski definition) is 1. The van der Waals surface area contributed by atoms with Crippen molar-refractivity contribution in [2.45, 2.75) is 64.8 Å². The van der Waals surface area contributed by atoms with E-state index >= 15 is 0 Å². The molecule has 1 aromatic heterocycles. The summed E-state index contributed by atoms with van der Waals surface area (Å²) in [7, 11) is -1.71. The summed E-state index contributed by atoms with van der Waals surface area (Å²) in [5.41, 5.74) is 2.02. The quantitative estimate of drug-likeness (QED) is 0.0916. The van der Waals surface area contributed by atoms with Gasteiger partial charge in [-0.15, -0.1) is 0 Å². The Labute approximate surface area is 252 Å². The van der Waals surface area contributed by atoms with Crippen molar-refractivity contribution in [1.82, 2.24) is 9.36 Å². The second-order valence-electron chi connectivity index (χ2n) is 11.3. The lowest BCUT2D eigenvalue weighted by Gasteiger charge is -2.27. The summed E-state index contributed by atoms with van der Waals surface area (Å²) in [6.07, 6.45) is 11.2. The first-order valence-corrected chi connectivity index (χ1v) is 17.6. The lowest BCUT2D eigenvalue weighted by atomic mass is 10.1. The Kier molecular flexibility index (Phi) is 10.6. The van der Waals surface area contributed by atoms with E-state index in [1.807, 2.05) is 41.9 Å². The number of hydrogen-bond donors (Lipinski definition) is 0. The third-order valence-electron chi connectivity index (χ3n) is 8.39. The van der Waals surface area contributed by atoms with Gasteiger partial charge >= 0.3 is 0 Å². The first-order chi connectivity index (χ1) is 20.7. The summed E-state index contributed by atoms with van der Waals surface area (Å²) in [4.78, 5) is 12.6. The van der Waals surface area contributed by atoms with Crippen LogP contribution < -0.4 is 21.5 Å². The van der Waals surface area contributed by atoms with E-state index in [4.69, 9.17) is 0 Å². The maximum Gasteiger partial charge on any atom is 0.271 e. The van der Waals surface area contributed by atoms with Crippen LogP contribution in [0, 0.1) is 6.92 Å². The molecule has 216 valence electrons. The van der Waals surface area contributed by atoms with Crippen LogP contribution in [0.25, 0.3) is 5.69 Å². The zero-order valence-corrected chi connectivity index (χ0v) is 25.8. The molecule has 3 nitrogen and oxygen atoms in total. The van der Waals surface area contributed by atoms with Crippen LogP contribution in [0.1, 0.15) is 57.1 Å². The molecule has 4 heteroatoms. The number of benzene rings is 4. The molecule has 0 atom stereocenters. The van der Waals surface area contributed by atoms with E-state index in [0.29, 0.717) is 0 Å². The Morgan fingerprint density at radius 3 is 1.40 bits per heavy atom. The van der Waals surface area contributed by atoms with Crippen LogP contribution in [0.15, 0.2) is 132 Å². The third-order valence-corrected chi connectivity index (χ3v) is 12.9. The molecule has 42 heavy (non-hydrogen) atoms. The molecule has 0 spiro atoms. The fourth-order valence-electron chi connectivity index (χ4n) is 6.26. The Hall–Kier alpha value is -3.68. The molecule has 1 heterocycles. The molecule has 0 radical (unpaired) electrons. The van der Waals surface area contributed by atoms with E-state index < -0.39 is 7.26 Å². The normalized spacial score (nSPS) is 11.5. The van der Waals surface area contributed by atoms with Gasteiger partial charge in [-0.25, -0.2) is 4.68 Å². The topological polar surface area (TPSA) is 26.9 Å². The standard InChI is InChI=1S/C38H44N2OP/c1-33-32-38(41)40(34-22-12-8-13-23-34)39(33)30-20-6-4-2-3-5-7-21-31-42(35-24-14-9-15-25-35,36-26-16-10-17-27-36)37-28-18-11-19-29-37/h8-19,22-29,32H,2-7,20-21,30-31H2,1H3/q+1. The van der Waals surface area contributed by atoms with Crippen molar-refractivity contribution in [2.24, 2.45) is 0 Å². The highest BCUT2D eigenvalue weighted by atomic mass is 31.2.